The smallest absolute Gasteiger partial charge is 0.236 e. The van der Waals surface area contributed by atoms with E-state index in [4.69, 9.17) is 10.5 Å². The van der Waals surface area contributed by atoms with Gasteiger partial charge in [-0.25, -0.2) is 4.98 Å². The van der Waals surface area contributed by atoms with E-state index < -0.39 is 6.04 Å². The topological polar surface area (TPSA) is 77.2 Å². The van der Waals surface area contributed by atoms with Crippen LogP contribution in [-0.2, 0) is 11.3 Å². The number of hydrogen-bond acceptors (Lipinski definition) is 4. The van der Waals surface area contributed by atoms with Gasteiger partial charge >= 0.3 is 0 Å². The molecular formula is C12H19N3O2. The van der Waals surface area contributed by atoms with Gasteiger partial charge in [-0.2, -0.15) is 0 Å². The first-order valence-corrected chi connectivity index (χ1v) is 5.64. The number of nitrogens with one attached hydrogen (secondary N) is 1. The first kappa shape index (κ1) is 13.4. The average Bonchev–Trinajstić information content (AvgIpc) is 2.26. The maximum Gasteiger partial charge on any atom is 0.236 e. The molecule has 1 atom stereocenters. The average molecular weight is 237 g/mol. The Morgan fingerprint density at radius 2 is 2.24 bits per heavy atom. The number of carbonyl (C=O) groups is 1. The number of ether oxygens (including phenoxy) is 1. The minimum Gasteiger partial charge on any atom is -0.475 e. The van der Waals surface area contributed by atoms with E-state index >= 15 is 0 Å². The Balaban J connectivity index is 2.67. The normalized spacial score (nSPS) is 12.3. The lowest BCUT2D eigenvalue weighted by atomic mass is 10.2. The van der Waals surface area contributed by atoms with E-state index in [1.165, 1.54) is 0 Å². The molecule has 0 aromatic carbocycles. The summed E-state index contributed by atoms with van der Waals surface area (Å²) in [6.07, 6.45) is 1.71. The number of aromatic nitrogens is 1. The molecular weight excluding hydrogens is 218 g/mol. The number of nitrogens with two attached hydrogens (primary N) is 1. The second kappa shape index (κ2) is 6.20. The minimum atomic E-state index is -0.513. The molecule has 1 heterocycles. The predicted octanol–water partition coefficient (Wildman–Crippen LogP) is 0.832. The van der Waals surface area contributed by atoms with Crippen molar-refractivity contribution in [3.8, 4) is 5.88 Å². The van der Waals surface area contributed by atoms with Crippen molar-refractivity contribution in [2.45, 2.75) is 39.5 Å². The maximum atomic E-state index is 11.4. The second-order valence-corrected chi connectivity index (χ2v) is 4.14. The number of hydrogen-bond donors (Lipinski definition) is 2. The zero-order valence-corrected chi connectivity index (χ0v) is 10.4. The number of nitrogens with zero attached hydrogens (tertiary/aromatic N) is 1. The van der Waals surface area contributed by atoms with Crippen LogP contribution in [0.4, 0.5) is 0 Å². The van der Waals surface area contributed by atoms with Gasteiger partial charge in [0.1, 0.15) is 0 Å². The summed E-state index contributed by atoms with van der Waals surface area (Å²) in [5.41, 5.74) is 6.30. The third-order valence-corrected chi connectivity index (χ3v) is 2.06. The predicted molar refractivity (Wildman–Crippen MR) is 65.5 cm³/mol. The van der Waals surface area contributed by atoms with Crippen LogP contribution >= 0.6 is 0 Å². The van der Waals surface area contributed by atoms with Gasteiger partial charge in [0.15, 0.2) is 0 Å². The molecule has 1 unspecified atom stereocenters. The van der Waals surface area contributed by atoms with Gasteiger partial charge in [0, 0.05) is 18.3 Å². The summed E-state index contributed by atoms with van der Waals surface area (Å²) >= 11 is 0. The molecule has 0 aliphatic heterocycles. The van der Waals surface area contributed by atoms with Gasteiger partial charge in [-0.15, -0.1) is 0 Å². The van der Waals surface area contributed by atoms with E-state index in [9.17, 15) is 4.79 Å². The fourth-order valence-corrected chi connectivity index (χ4v) is 1.23. The highest BCUT2D eigenvalue weighted by Gasteiger charge is 2.10. The zero-order valence-electron chi connectivity index (χ0n) is 10.4. The van der Waals surface area contributed by atoms with Gasteiger partial charge in [0.05, 0.1) is 12.1 Å². The standard InChI is InChI=1S/C12H19N3O2/c1-8(2)17-12-10(5-4-6-14-12)7-15-11(16)9(3)13/h4-6,8-9H,7,13H2,1-3H3,(H,15,16). The quantitative estimate of drug-likeness (QED) is 0.795. The fourth-order valence-electron chi connectivity index (χ4n) is 1.23. The van der Waals surface area contributed by atoms with Crippen molar-refractivity contribution in [1.82, 2.24) is 10.3 Å². The molecule has 0 saturated heterocycles. The molecule has 94 valence electrons. The number of pyridine rings is 1. The van der Waals surface area contributed by atoms with Crippen LogP contribution in [0, 0.1) is 0 Å². The summed E-state index contributed by atoms with van der Waals surface area (Å²) < 4.78 is 5.54. The number of amides is 1. The largest absolute Gasteiger partial charge is 0.475 e. The lowest BCUT2D eigenvalue weighted by molar-refractivity contribution is -0.122. The molecule has 1 aromatic heterocycles. The zero-order chi connectivity index (χ0) is 12.8. The van der Waals surface area contributed by atoms with Gasteiger partial charge < -0.3 is 15.8 Å². The molecule has 5 heteroatoms. The van der Waals surface area contributed by atoms with Crippen LogP contribution < -0.4 is 15.8 Å². The van der Waals surface area contributed by atoms with Gasteiger partial charge in [0.2, 0.25) is 11.8 Å². The Morgan fingerprint density at radius 3 is 2.82 bits per heavy atom. The summed E-state index contributed by atoms with van der Waals surface area (Å²) in [6, 6.07) is 3.16. The molecule has 0 saturated carbocycles. The molecule has 1 aromatic rings. The molecule has 1 amide bonds. The van der Waals surface area contributed by atoms with Gasteiger partial charge in [0.25, 0.3) is 0 Å². The Kier molecular flexibility index (Phi) is 4.90. The number of rotatable bonds is 5. The summed E-state index contributed by atoms with van der Waals surface area (Å²) in [5.74, 6) is 0.358. The second-order valence-electron chi connectivity index (χ2n) is 4.14. The Morgan fingerprint density at radius 1 is 1.53 bits per heavy atom. The highest BCUT2D eigenvalue weighted by molar-refractivity contribution is 5.80. The van der Waals surface area contributed by atoms with E-state index in [-0.39, 0.29) is 12.0 Å². The van der Waals surface area contributed by atoms with Crippen LogP contribution in [0.5, 0.6) is 5.88 Å². The monoisotopic (exact) mass is 237 g/mol. The van der Waals surface area contributed by atoms with Crippen molar-refractivity contribution >= 4 is 5.91 Å². The van der Waals surface area contributed by atoms with Crippen molar-refractivity contribution < 1.29 is 9.53 Å². The van der Waals surface area contributed by atoms with E-state index in [2.05, 4.69) is 10.3 Å². The lowest BCUT2D eigenvalue weighted by Crippen LogP contribution is -2.37. The van der Waals surface area contributed by atoms with Crippen LogP contribution in [0.2, 0.25) is 0 Å². The van der Waals surface area contributed by atoms with Gasteiger partial charge in [-0.1, -0.05) is 6.07 Å². The van der Waals surface area contributed by atoms with Crippen LogP contribution in [0.1, 0.15) is 26.3 Å². The van der Waals surface area contributed by atoms with Crippen LogP contribution in [0.15, 0.2) is 18.3 Å². The summed E-state index contributed by atoms with van der Waals surface area (Å²) in [7, 11) is 0. The fraction of sp³-hybridized carbons (Fsp3) is 0.500. The molecule has 0 fully saturated rings. The summed E-state index contributed by atoms with van der Waals surface area (Å²) in [6.45, 7) is 5.87. The van der Waals surface area contributed by atoms with E-state index in [1.54, 1.807) is 19.2 Å². The van der Waals surface area contributed by atoms with Crippen molar-refractivity contribution in [2.75, 3.05) is 0 Å². The molecule has 5 nitrogen and oxygen atoms in total. The molecule has 0 spiro atoms. The van der Waals surface area contributed by atoms with Crippen molar-refractivity contribution in [1.29, 1.82) is 0 Å². The highest BCUT2D eigenvalue weighted by Crippen LogP contribution is 2.15. The van der Waals surface area contributed by atoms with Gasteiger partial charge in [-0.05, 0) is 26.8 Å². The summed E-state index contributed by atoms with van der Waals surface area (Å²) in [5, 5.41) is 2.73. The first-order chi connectivity index (χ1) is 8.00. The van der Waals surface area contributed by atoms with E-state index in [0.717, 1.165) is 5.56 Å². The van der Waals surface area contributed by atoms with Crippen molar-refractivity contribution in [2.24, 2.45) is 5.73 Å². The Labute approximate surface area is 101 Å². The maximum absolute atomic E-state index is 11.4. The molecule has 3 N–H and O–H groups in total. The third-order valence-electron chi connectivity index (χ3n) is 2.06. The first-order valence-electron chi connectivity index (χ1n) is 5.64. The van der Waals surface area contributed by atoms with Crippen LogP contribution in [0.3, 0.4) is 0 Å². The van der Waals surface area contributed by atoms with E-state index in [0.29, 0.717) is 12.4 Å². The third kappa shape index (κ3) is 4.40. The van der Waals surface area contributed by atoms with Crippen LogP contribution in [-0.4, -0.2) is 23.0 Å². The molecule has 17 heavy (non-hydrogen) atoms. The molecule has 0 aliphatic carbocycles. The summed E-state index contributed by atoms with van der Waals surface area (Å²) in [4.78, 5) is 15.5. The molecule has 0 bridgehead atoms. The lowest BCUT2D eigenvalue weighted by Gasteiger charge is -2.13. The van der Waals surface area contributed by atoms with Crippen molar-refractivity contribution in [3.63, 3.8) is 0 Å². The van der Waals surface area contributed by atoms with E-state index in [1.807, 2.05) is 19.9 Å². The highest BCUT2D eigenvalue weighted by atomic mass is 16.5. The molecule has 0 aliphatic rings. The number of carbonyl (C=O) groups excluding carboxylic acids is 1. The minimum absolute atomic E-state index is 0.0489. The Bertz CT molecular complexity index is 378. The van der Waals surface area contributed by atoms with Crippen molar-refractivity contribution in [3.05, 3.63) is 23.9 Å². The molecule has 0 radical (unpaired) electrons. The SMILES string of the molecule is CC(C)Oc1ncccc1CNC(=O)C(C)N. The Hall–Kier alpha value is -1.62. The molecule has 1 rings (SSSR count). The van der Waals surface area contributed by atoms with Gasteiger partial charge in [-0.3, -0.25) is 4.79 Å². The van der Waals surface area contributed by atoms with Crippen LogP contribution in [0.25, 0.3) is 0 Å².